The van der Waals surface area contributed by atoms with E-state index in [0.717, 1.165) is 32.9 Å². The Bertz CT molecular complexity index is 1580. The molecular weight excluding hydrogens is 699 g/mol. The van der Waals surface area contributed by atoms with Crippen molar-refractivity contribution in [2.75, 3.05) is 6.61 Å². The summed E-state index contributed by atoms with van der Waals surface area (Å²) in [7, 11) is -4.74. The fraction of sp³-hybridized carbons (Fsp3) is 0.351. The molecule has 4 aromatic carbocycles. The van der Waals surface area contributed by atoms with Crippen LogP contribution in [0.3, 0.4) is 0 Å². The maximum absolute atomic E-state index is 11.8. The van der Waals surface area contributed by atoms with Crippen molar-refractivity contribution >= 4 is 24.3 Å². The zero-order chi connectivity index (χ0) is 33.2. The fourth-order valence-electron chi connectivity index (χ4n) is 6.03. The summed E-state index contributed by atoms with van der Waals surface area (Å²) in [4.78, 5) is 0. The summed E-state index contributed by atoms with van der Waals surface area (Å²) in [5.74, 6) is 0. The van der Waals surface area contributed by atoms with Crippen LogP contribution < -0.4 is 0 Å². The summed E-state index contributed by atoms with van der Waals surface area (Å²) < 4.78 is 70.7. The Hall–Kier alpha value is -2.93. The van der Waals surface area contributed by atoms with Gasteiger partial charge in [-0.1, -0.05) is 0 Å². The molecule has 48 heavy (non-hydrogen) atoms. The quantitative estimate of drug-likeness (QED) is 0.118. The van der Waals surface area contributed by atoms with E-state index in [1.807, 2.05) is 121 Å². The predicted octanol–water partition coefficient (Wildman–Crippen LogP) is 6.29. The number of benzene rings is 4. The second-order valence-corrected chi connectivity index (χ2v) is 18.1. The average Bonchev–Trinajstić information content (AvgIpc) is 3.11. The number of hydrogen-bond acceptors (Lipinski definition) is 8. The van der Waals surface area contributed by atoms with Crippen LogP contribution in [0.4, 0.5) is 0 Å². The van der Waals surface area contributed by atoms with E-state index in [1.54, 1.807) is 0 Å². The molecule has 0 amide bonds. The van der Waals surface area contributed by atoms with Crippen LogP contribution in [0.5, 0.6) is 0 Å². The summed E-state index contributed by atoms with van der Waals surface area (Å²) in [5.41, 5.74) is 4.01. The van der Waals surface area contributed by atoms with Crippen LogP contribution in [-0.4, -0.2) is 64.0 Å². The SMILES string of the molecule is O=S(=O)(O)O[C@@H]1COC(c2ccccc2)O[C@H]1C[SeH]1C[C@H](OCc2ccccc2)C(OCc2ccccc2)[C@H](OCc2ccccc2)C1. The summed E-state index contributed by atoms with van der Waals surface area (Å²) in [6, 6.07) is 39.7. The zero-order valence-corrected chi connectivity index (χ0v) is 29.2. The molecule has 2 heterocycles. The second kappa shape index (κ2) is 17.1. The van der Waals surface area contributed by atoms with Crippen molar-refractivity contribution in [1.82, 2.24) is 0 Å². The van der Waals surface area contributed by atoms with Crippen LogP contribution in [0, 0.1) is 0 Å². The molecule has 0 aromatic heterocycles. The van der Waals surface area contributed by atoms with Crippen molar-refractivity contribution in [3.8, 4) is 0 Å². The fourth-order valence-corrected chi connectivity index (χ4v) is 12.7. The average molecular weight is 742 g/mol. The minimum atomic E-state index is -4.74. The van der Waals surface area contributed by atoms with Gasteiger partial charge in [-0.3, -0.25) is 0 Å². The van der Waals surface area contributed by atoms with Gasteiger partial charge in [0.15, 0.2) is 0 Å². The Labute approximate surface area is 286 Å². The van der Waals surface area contributed by atoms with Crippen molar-refractivity contribution < 1.29 is 40.8 Å². The van der Waals surface area contributed by atoms with Gasteiger partial charge in [0, 0.05) is 0 Å². The second-order valence-electron chi connectivity index (χ2n) is 12.0. The van der Waals surface area contributed by atoms with Crippen molar-refractivity contribution in [1.29, 1.82) is 0 Å². The molecule has 1 N–H and O–H groups in total. The van der Waals surface area contributed by atoms with Crippen molar-refractivity contribution in [2.24, 2.45) is 0 Å². The van der Waals surface area contributed by atoms with Crippen molar-refractivity contribution in [2.45, 2.75) is 72.6 Å². The predicted molar refractivity (Wildman–Crippen MR) is 183 cm³/mol. The van der Waals surface area contributed by atoms with Gasteiger partial charge in [-0.2, -0.15) is 0 Å². The van der Waals surface area contributed by atoms with Crippen LogP contribution in [-0.2, 0) is 58.1 Å². The first-order valence-electron chi connectivity index (χ1n) is 16.1. The van der Waals surface area contributed by atoms with Crippen LogP contribution in [0.2, 0.25) is 16.0 Å². The van der Waals surface area contributed by atoms with Gasteiger partial charge in [-0.15, -0.1) is 0 Å². The zero-order valence-electron chi connectivity index (χ0n) is 26.5. The third-order valence-corrected chi connectivity index (χ3v) is 14.4. The van der Waals surface area contributed by atoms with E-state index in [1.165, 1.54) is 0 Å². The monoisotopic (exact) mass is 742 g/mol. The molecule has 0 spiro atoms. The molecule has 2 fully saturated rings. The molecule has 2 aliphatic heterocycles. The molecule has 0 saturated carbocycles. The van der Waals surface area contributed by atoms with Crippen LogP contribution in [0.15, 0.2) is 121 Å². The molecule has 3 unspecified atom stereocenters. The molecule has 11 heteroatoms. The number of ether oxygens (including phenoxy) is 5. The molecule has 2 aliphatic rings. The topological polar surface area (TPSA) is 110 Å². The maximum atomic E-state index is 11.8. The van der Waals surface area contributed by atoms with Gasteiger partial charge in [0.2, 0.25) is 0 Å². The Kier molecular flexibility index (Phi) is 12.5. The third kappa shape index (κ3) is 10.3. The number of rotatable bonds is 14. The van der Waals surface area contributed by atoms with E-state index in [2.05, 4.69) is 0 Å². The Morgan fingerprint density at radius 3 is 1.58 bits per heavy atom. The summed E-state index contributed by atoms with van der Waals surface area (Å²) >= 11 is -1.89. The third-order valence-electron chi connectivity index (χ3n) is 8.39. The van der Waals surface area contributed by atoms with E-state index in [-0.39, 0.29) is 24.9 Å². The molecule has 256 valence electrons. The summed E-state index contributed by atoms with van der Waals surface area (Å²) in [6.07, 6.45) is -3.18. The van der Waals surface area contributed by atoms with E-state index in [9.17, 15) is 13.0 Å². The van der Waals surface area contributed by atoms with E-state index >= 15 is 0 Å². The van der Waals surface area contributed by atoms with Gasteiger partial charge in [-0.05, 0) is 0 Å². The Balaban J connectivity index is 1.25. The molecule has 9 nitrogen and oxygen atoms in total. The van der Waals surface area contributed by atoms with Crippen molar-refractivity contribution in [3.05, 3.63) is 144 Å². The van der Waals surface area contributed by atoms with Crippen LogP contribution >= 0.6 is 0 Å². The van der Waals surface area contributed by atoms with Gasteiger partial charge >= 0.3 is 288 Å². The van der Waals surface area contributed by atoms with E-state index in [0.29, 0.717) is 25.1 Å². The van der Waals surface area contributed by atoms with Gasteiger partial charge in [0.1, 0.15) is 0 Å². The Morgan fingerprint density at radius 1 is 0.646 bits per heavy atom. The number of hydrogen-bond donors (Lipinski definition) is 1. The van der Waals surface area contributed by atoms with E-state index < -0.39 is 42.8 Å². The molecule has 6 rings (SSSR count). The molecule has 0 radical (unpaired) electrons. The van der Waals surface area contributed by atoms with Crippen molar-refractivity contribution in [3.63, 3.8) is 0 Å². The first-order chi connectivity index (χ1) is 23.4. The molecule has 0 bridgehead atoms. The first kappa shape index (κ1) is 34.9. The standard InChI is InChI=1S/C37H42O9SSe/c38-47(39,40)46-32-24-44-37(31-19-11-4-12-20-31)45-33(32)25-48-26-34(41-21-28-13-5-1-6-14-28)36(43-23-30-17-9-3-10-18-30)35(27-48)42-22-29-15-7-2-8-16-29/h1-20,32-37,48H,21-27H2,(H,38,39,40)/t32-,33+,34-,35+,36?,37?/m1/s1. The van der Waals surface area contributed by atoms with Gasteiger partial charge < -0.3 is 0 Å². The first-order valence-corrected chi connectivity index (χ1v) is 21.4. The molecule has 0 aliphatic carbocycles. The molecular formula is C37H42O9SSe. The van der Waals surface area contributed by atoms with Gasteiger partial charge in [0.25, 0.3) is 0 Å². The normalized spacial score (nSPS) is 27.0. The summed E-state index contributed by atoms with van der Waals surface area (Å²) in [5, 5.41) is 2.10. The molecule has 7 atom stereocenters. The van der Waals surface area contributed by atoms with Crippen LogP contribution in [0.1, 0.15) is 28.5 Å². The Morgan fingerprint density at radius 2 is 1.10 bits per heavy atom. The van der Waals surface area contributed by atoms with E-state index in [4.69, 9.17) is 27.9 Å². The molecule has 4 aromatic rings. The van der Waals surface area contributed by atoms with Gasteiger partial charge in [-0.25, -0.2) is 0 Å². The minimum absolute atomic E-state index is 0.0447. The summed E-state index contributed by atoms with van der Waals surface area (Å²) in [6.45, 7) is 1.21. The van der Waals surface area contributed by atoms with Crippen LogP contribution in [0.25, 0.3) is 0 Å². The van der Waals surface area contributed by atoms with Gasteiger partial charge in [0.05, 0.1) is 0 Å². The molecule has 2 saturated heterocycles.